The third-order valence-corrected chi connectivity index (χ3v) is 1.75. The molecule has 0 saturated carbocycles. The summed E-state index contributed by atoms with van der Waals surface area (Å²) in [5.74, 6) is -2.28. The smallest absolute Gasteiger partial charge is 0.327 e. The molecule has 1 rings (SSSR count). The quantitative estimate of drug-likeness (QED) is 0.431. The summed E-state index contributed by atoms with van der Waals surface area (Å²) < 4.78 is 0. The van der Waals surface area contributed by atoms with Gasteiger partial charge in [0.2, 0.25) is 5.91 Å². The second kappa shape index (κ2) is 2.50. The number of carboxylic acid groups (broad SMARTS) is 1. The summed E-state index contributed by atoms with van der Waals surface area (Å²) in [6.45, 7) is 1.40. The molecule has 11 heavy (non-hydrogen) atoms. The topological polar surface area (TPSA) is 86.6 Å². The number of carbonyl (C=O) groups is 2. The average molecular weight is 159 g/mol. The first-order valence-corrected chi connectivity index (χ1v) is 3.25. The predicted octanol–water partition coefficient (Wildman–Crippen LogP) is -1.43. The van der Waals surface area contributed by atoms with Crippen molar-refractivity contribution in [3.8, 4) is 0 Å². The van der Waals surface area contributed by atoms with E-state index in [0.29, 0.717) is 0 Å². The maximum Gasteiger partial charge on any atom is 0.327 e. The van der Waals surface area contributed by atoms with Crippen molar-refractivity contribution in [3.63, 3.8) is 0 Å². The second-order valence-corrected chi connectivity index (χ2v) is 2.59. The first kappa shape index (κ1) is 8.00. The van der Waals surface area contributed by atoms with Gasteiger partial charge in [-0.25, -0.2) is 4.79 Å². The van der Waals surface area contributed by atoms with E-state index in [-0.39, 0.29) is 0 Å². The Morgan fingerprint density at radius 1 is 1.73 bits per heavy atom. The zero-order valence-electron chi connectivity index (χ0n) is 5.94. The molecule has 3 atom stereocenters. The molecule has 0 bridgehead atoms. The second-order valence-electron chi connectivity index (χ2n) is 2.59. The number of β-lactam (4-membered cyclic amide) rings is 1. The van der Waals surface area contributed by atoms with E-state index in [0.717, 1.165) is 0 Å². The fraction of sp³-hybridized carbons (Fsp3) is 0.667. The summed E-state index contributed by atoms with van der Waals surface area (Å²) in [6, 6.07) is -0.914. The summed E-state index contributed by atoms with van der Waals surface area (Å²) >= 11 is 0. The van der Waals surface area contributed by atoms with Crippen molar-refractivity contribution in [1.82, 2.24) is 5.32 Å². The van der Waals surface area contributed by atoms with Gasteiger partial charge in [0.1, 0.15) is 6.04 Å². The van der Waals surface area contributed by atoms with E-state index in [4.69, 9.17) is 10.2 Å². The monoisotopic (exact) mass is 159 g/mol. The average Bonchev–Trinajstić information content (AvgIpc) is 1.80. The van der Waals surface area contributed by atoms with Crippen molar-refractivity contribution < 1.29 is 19.8 Å². The third-order valence-electron chi connectivity index (χ3n) is 1.75. The highest BCUT2D eigenvalue weighted by molar-refractivity contribution is 5.96. The summed E-state index contributed by atoms with van der Waals surface area (Å²) in [7, 11) is 0. The highest BCUT2D eigenvalue weighted by Gasteiger charge is 2.46. The van der Waals surface area contributed by atoms with Crippen LogP contribution in [0, 0.1) is 5.92 Å². The van der Waals surface area contributed by atoms with Crippen LogP contribution < -0.4 is 5.32 Å². The van der Waals surface area contributed by atoms with Crippen molar-refractivity contribution in [2.24, 2.45) is 5.92 Å². The molecule has 0 spiro atoms. The molecule has 1 heterocycles. The molecule has 0 aliphatic carbocycles. The number of aliphatic hydroxyl groups excluding tert-OH is 1. The molecule has 1 saturated heterocycles. The molecule has 0 radical (unpaired) electrons. The Hall–Kier alpha value is -1.10. The standard InChI is InChI=1S/C6H9NO4/c1-2(8)3-4(6(10)11)7-5(3)9/h2-4,8H,1H3,(H,7,9)(H,10,11)/t2-,3?,4?/m1/s1. The number of nitrogens with one attached hydrogen (secondary N) is 1. The Labute approximate surface area is 63.0 Å². The number of rotatable bonds is 2. The molecule has 1 aliphatic rings. The molecular weight excluding hydrogens is 150 g/mol. The minimum absolute atomic E-state index is 0.396. The van der Waals surface area contributed by atoms with Crippen LogP contribution in [0.1, 0.15) is 6.92 Å². The lowest BCUT2D eigenvalue weighted by Crippen LogP contribution is -2.65. The maximum atomic E-state index is 10.7. The summed E-state index contributed by atoms with van der Waals surface area (Å²) in [4.78, 5) is 21.0. The van der Waals surface area contributed by atoms with Gasteiger partial charge in [0.25, 0.3) is 0 Å². The van der Waals surface area contributed by atoms with Gasteiger partial charge in [-0.15, -0.1) is 0 Å². The zero-order chi connectivity index (χ0) is 8.59. The summed E-state index contributed by atoms with van der Waals surface area (Å²) in [5.41, 5.74) is 0. The van der Waals surface area contributed by atoms with Gasteiger partial charge >= 0.3 is 5.97 Å². The van der Waals surface area contributed by atoms with E-state index in [9.17, 15) is 9.59 Å². The van der Waals surface area contributed by atoms with Gasteiger partial charge in [0.15, 0.2) is 0 Å². The molecule has 1 fully saturated rings. The van der Waals surface area contributed by atoms with E-state index in [1.54, 1.807) is 0 Å². The lowest BCUT2D eigenvalue weighted by atomic mass is 9.86. The Morgan fingerprint density at radius 2 is 2.27 bits per heavy atom. The lowest BCUT2D eigenvalue weighted by molar-refractivity contribution is -0.157. The molecule has 5 heteroatoms. The van der Waals surface area contributed by atoms with Crippen molar-refractivity contribution in [3.05, 3.63) is 0 Å². The van der Waals surface area contributed by atoms with Crippen LogP contribution in [-0.4, -0.2) is 34.2 Å². The van der Waals surface area contributed by atoms with Crippen LogP contribution in [-0.2, 0) is 9.59 Å². The predicted molar refractivity (Wildman–Crippen MR) is 34.7 cm³/mol. The van der Waals surface area contributed by atoms with Gasteiger partial charge in [-0.1, -0.05) is 0 Å². The van der Waals surface area contributed by atoms with Gasteiger partial charge in [-0.2, -0.15) is 0 Å². The molecular formula is C6H9NO4. The Kier molecular flexibility index (Phi) is 1.82. The number of amides is 1. The minimum Gasteiger partial charge on any atom is -0.480 e. The summed E-state index contributed by atoms with van der Waals surface area (Å²) in [6.07, 6.45) is -0.898. The Balaban J connectivity index is 2.62. The van der Waals surface area contributed by atoms with Crippen LogP contribution in [0.5, 0.6) is 0 Å². The molecule has 1 aliphatic heterocycles. The molecule has 5 nitrogen and oxygen atoms in total. The van der Waals surface area contributed by atoms with Gasteiger partial charge in [-0.05, 0) is 6.92 Å². The fourth-order valence-electron chi connectivity index (χ4n) is 1.11. The van der Waals surface area contributed by atoms with Crippen LogP contribution in [0.25, 0.3) is 0 Å². The van der Waals surface area contributed by atoms with Crippen LogP contribution in [0.4, 0.5) is 0 Å². The van der Waals surface area contributed by atoms with Crippen LogP contribution >= 0.6 is 0 Å². The number of carbonyl (C=O) groups excluding carboxylic acids is 1. The van der Waals surface area contributed by atoms with Crippen molar-refractivity contribution in [1.29, 1.82) is 0 Å². The van der Waals surface area contributed by atoms with E-state index in [2.05, 4.69) is 5.32 Å². The third kappa shape index (κ3) is 1.19. The van der Waals surface area contributed by atoms with Gasteiger partial charge < -0.3 is 15.5 Å². The first-order chi connectivity index (χ1) is 5.04. The Bertz CT molecular complexity index is 201. The van der Waals surface area contributed by atoms with Gasteiger partial charge in [0.05, 0.1) is 12.0 Å². The zero-order valence-corrected chi connectivity index (χ0v) is 5.94. The van der Waals surface area contributed by atoms with Crippen molar-refractivity contribution in [2.75, 3.05) is 0 Å². The van der Waals surface area contributed by atoms with Crippen LogP contribution in [0.3, 0.4) is 0 Å². The highest BCUT2D eigenvalue weighted by Crippen LogP contribution is 2.18. The van der Waals surface area contributed by atoms with E-state index in [1.807, 2.05) is 0 Å². The maximum absolute atomic E-state index is 10.7. The lowest BCUT2D eigenvalue weighted by Gasteiger charge is -2.35. The minimum atomic E-state index is -1.10. The number of hydrogen-bond acceptors (Lipinski definition) is 3. The van der Waals surface area contributed by atoms with E-state index >= 15 is 0 Å². The first-order valence-electron chi connectivity index (χ1n) is 3.25. The van der Waals surface area contributed by atoms with Gasteiger partial charge in [0, 0.05) is 0 Å². The number of aliphatic carboxylic acids is 1. The fourth-order valence-corrected chi connectivity index (χ4v) is 1.11. The Morgan fingerprint density at radius 3 is 2.45 bits per heavy atom. The van der Waals surface area contributed by atoms with Crippen LogP contribution in [0.2, 0.25) is 0 Å². The molecule has 2 unspecified atom stereocenters. The molecule has 3 N–H and O–H groups in total. The molecule has 0 aromatic rings. The summed E-state index contributed by atoms with van der Waals surface area (Å²) in [5, 5.41) is 19.6. The molecule has 0 aromatic heterocycles. The van der Waals surface area contributed by atoms with E-state index in [1.165, 1.54) is 6.92 Å². The number of hydrogen-bond donors (Lipinski definition) is 3. The highest BCUT2D eigenvalue weighted by atomic mass is 16.4. The van der Waals surface area contributed by atoms with Crippen LogP contribution in [0.15, 0.2) is 0 Å². The number of carboxylic acids is 1. The SMILES string of the molecule is C[C@@H](O)C1C(=O)NC1C(=O)O. The molecule has 62 valence electrons. The van der Waals surface area contributed by atoms with Gasteiger partial charge in [-0.3, -0.25) is 4.79 Å². The molecule has 1 amide bonds. The van der Waals surface area contributed by atoms with Crippen molar-refractivity contribution in [2.45, 2.75) is 19.1 Å². The largest absolute Gasteiger partial charge is 0.480 e. The van der Waals surface area contributed by atoms with Crippen molar-refractivity contribution >= 4 is 11.9 Å². The normalized spacial score (nSPS) is 32.0. The number of aliphatic hydroxyl groups is 1. The van der Waals surface area contributed by atoms with E-state index < -0.39 is 29.9 Å². The molecule has 0 aromatic carbocycles.